The quantitative estimate of drug-likeness (QED) is 0.527. The van der Waals surface area contributed by atoms with Crippen LogP contribution in [0.5, 0.6) is 0 Å². The second-order valence-corrected chi connectivity index (χ2v) is 7.39. The summed E-state index contributed by atoms with van der Waals surface area (Å²) in [7, 11) is 1.70. The van der Waals surface area contributed by atoms with Crippen molar-refractivity contribution < 1.29 is 22.9 Å². The fourth-order valence-corrected chi connectivity index (χ4v) is 3.68. The van der Waals surface area contributed by atoms with Crippen LogP contribution in [0.15, 0.2) is 48.5 Å². The molecule has 166 valence electrons. The average molecular weight is 436 g/mol. The number of nitro benzene ring substituents is 1. The van der Waals surface area contributed by atoms with Gasteiger partial charge in [-0.05, 0) is 31.2 Å². The first-order valence-electron chi connectivity index (χ1n) is 9.77. The predicted molar refractivity (Wildman–Crippen MR) is 111 cm³/mol. The summed E-state index contributed by atoms with van der Waals surface area (Å²) in [6.07, 6.45) is -4.65. The molecular formula is C21H23F3N4O3. The van der Waals surface area contributed by atoms with Gasteiger partial charge in [0.25, 0.3) is 5.69 Å². The zero-order valence-corrected chi connectivity index (χ0v) is 17.2. The summed E-state index contributed by atoms with van der Waals surface area (Å²) >= 11 is 0. The van der Waals surface area contributed by atoms with Crippen molar-refractivity contribution in [3.05, 3.63) is 64.2 Å². The Hall–Kier alpha value is -3.14. The van der Waals surface area contributed by atoms with Crippen LogP contribution in [0, 0.1) is 10.1 Å². The molecule has 1 aliphatic rings. The number of hydrogen-bond acceptors (Lipinski definition) is 5. The highest BCUT2D eigenvalue weighted by Crippen LogP contribution is 2.36. The third-order valence-electron chi connectivity index (χ3n) is 5.53. The molecule has 0 radical (unpaired) electrons. The van der Waals surface area contributed by atoms with Gasteiger partial charge in [-0.1, -0.05) is 18.2 Å². The molecule has 0 aliphatic carbocycles. The van der Waals surface area contributed by atoms with Crippen molar-refractivity contribution in [1.82, 2.24) is 4.90 Å². The first-order chi connectivity index (χ1) is 14.6. The number of nitro groups is 1. The first-order valence-corrected chi connectivity index (χ1v) is 9.77. The standard InChI is InChI=1S/C21H23F3N4O3/c1-15(20(29)25(2)17-6-4-3-5-7-17)26-10-12-27(13-11-26)18-9-8-16(21(22,23)24)14-19(18)28(30)31/h3-9,14-15H,10-13H2,1-2H3/t15-/m1/s1. The highest BCUT2D eigenvalue weighted by Gasteiger charge is 2.35. The second-order valence-electron chi connectivity index (χ2n) is 7.39. The van der Waals surface area contributed by atoms with Crippen LogP contribution in [-0.2, 0) is 11.0 Å². The van der Waals surface area contributed by atoms with Crippen molar-refractivity contribution in [2.24, 2.45) is 0 Å². The molecule has 1 aliphatic heterocycles. The Morgan fingerprint density at radius 2 is 1.71 bits per heavy atom. The molecule has 3 rings (SSSR count). The van der Waals surface area contributed by atoms with Crippen molar-refractivity contribution in [1.29, 1.82) is 0 Å². The smallest absolute Gasteiger partial charge is 0.363 e. The molecule has 1 saturated heterocycles. The van der Waals surface area contributed by atoms with Crippen LogP contribution in [0.4, 0.5) is 30.2 Å². The zero-order valence-electron chi connectivity index (χ0n) is 17.2. The molecule has 7 nitrogen and oxygen atoms in total. The molecule has 1 fully saturated rings. The number of piperazine rings is 1. The second kappa shape index (κ2) is 8.93. The normalized spacial score (nSPS) is 16.1. The number of nitrogens with zero attached hydrogens (tertiary/aromatic N) is 4. The van der Waals surface area contributed by atoms with Gasteiger partial charge in [-0.2, -0.15) is 13.2 Å². The van der Waals surface area contributed by atoms with Gasteiger partial charge < -0.3 is 9.80 Å². The van der Waals surface area contributed by atoms with Gasteiger partial charge in [0.1, 0.15) is 5.69 Å². The molecular weight excluding hydrogens is 413 g/mol. The molecule has 10 heteroatoms. The molecule has 0 spiro atoms. The van der Waals surface area contributed by atoms with Crippen LogP contribution in [0.3, 0.4) is 0 Å². The predicted octanol–water partition coefficient (Wildman–Crippen LogP) is 3.79. The van der Waals surface area contributed by atoms with Crippen LogP contribution >= 0.6 is 0 Å². The lowest BCUT2D eigenvalue weighted by Crippen LogP contribution is -2.54. The summed E-state index contributed by atoms with van der Waals surface area (Å²) < 4.78 is 38.8. The number of para-hydroxylation sites is 1. The van der Waals surface area contributed by atoms with Crippen LogP contribution in [0.2, 0.25) is 0 Å². The summed E-state index contributed by atoms with van der Waals surface area (Å²) in [5, 5.41) is 11.4. The number of halogens is 3. The highest BCUT2D eigenvalue weighted by molar-refractivity contribution is 5.96. The average Bonchev–Trinajstić information content (AvgIpc) is 2.77. The minimum atomic E-state index is -4.65. The van der Waals surface area contributed by atoms with Crippen molar-refractivity contribution in [2.45, 2.75) is 19.1 Å². The van der Waals surface area contributed by atoms with E-state index in [1.54, 1.807) is 23.8 Å². The van der Waals surface area contributed by atoms with Crippen LogP contribution in [0.25, 0.3) is 0 Å². The number of anilines is 2. The lowest BCUT2D eigenvalue weighted by Gasteiger charge is -2.39. The minimum Gasteiger partial charge on any atom is -0.363 e. The number of alkyl halides is 3. The van der Waals surface area contributed by atoms with Gasteiger partial charge in [0.05, 0.1) is 16.5 Å². The highest BCUT2D eigenvalue weighted by atomic mass is 19.4. The van der Waals surface area contributed by atoms with E-state index in [1.807, 2.05) is 35.2 Å². The molecule has 1 heterocycles. The maximum absolute atomic E-state index is 12.9. The number of rotatable bonds is 5. The SMILES string of the molecule is C[C@H](C(=O)N(C)c1ccccc1)N1CCN(c2ccc(C(F)(F)F)cc2[N+](=O)[O-])CC1. The van der Waals surface area contributed by atoms with Crippen molar-refractivity contribution >= 4 is 23.0 Å². The minimum absolute atomic E-state index is 0.0832. The van der Waals surface area contributed by atoms with E-state index in [4.69, 9.17) is 0 Å². The molecule has 2 aromatic carbocycles. The van der Waals surface area contributed by atoms with Crippen LogP contribution in [-0.4, -0.2) is 55.0 Å². The molecule has 31 heavy (non-hydrogen) atoms. The third-order valence-corrected chi connectivity index (χ3v) is 5.53. The van der Waals surface area contributed by atoms with Gasteiger partial charge in [0.2, 0.25) is 5.91 Å². The fourth-order valence-electron chi connectivity index (χ4n) is 3.68. The van der Waals surface area contributed by atoms with Gasteiger partial charge in [-0.15, -0.1) is 0 Å². The van der Waals surface area contributed by atoms with E-state index in [-0.39, 0.29) is 11.6 Å². The Kier molecular flexibility index (Phi) is 6.49. The van der Waals surface area contributed by atoms with Crippen LogP contribution < -0.4 is 9.80 Å². The summed E-state index contributed by atoms with van der Waals surface area (Å²) in [6, 6.07) is 11.4. The van der Waals surface area contributed by atoms with Crippen molar-refractivity contribution in [3.63, 3.8) is 0 Å². The monoisotopic (exact) mass is 436 g/mol. The number of carbonyl (C=O) groups is 1. The van der Waals surface area contributed by atoms with Crippen molar-refractivity contribution in [2.75, 3.05) is 43.0 Å². The Morgan fingerprint density at radius 1 is 1.10 bits per heavy atom. The topological polar surface area (TPSA) is 69.9 Å². The number of hydrogen-bond donors (Lipinski definition) is 0. The van der Waals surface area contributed by atoms with Gasteiger partial charge in [-0.3, -0.25) is 19.8 Å². The fraction of sp³-hybridized carbons (Fsp3) is 0.381. The molecule has 0 N–H and O–H groups in total. The molecule has 1 amide bonds. The van der Waals surface area contributed by atoms with E-state index in [0.29, 0.717) is 32.2 Å². The van der Waals surface area contributed by atoms with E-state index < -0.39 is 28.4 Å². The molecule has 1 atom stereocenters. The van der Waals surface area contributed by atoms with E-state index in [0.717, 1.165) is 17.8 Å². The maximum Gasteiger partial charge on any atom is 0.416 e. The lowest BCUT2D eigenvalue weighted by atomic mass is 10.1. The van der Waals surface area contributed by atoms with Gasteiger partial charge in [0.15, 0.2) is 0 Å². The van der Waals surface area contributed by atoms with E-state index in [9.17, 15) is 28.1 Å². The number of likely N-dealkylation sites (N-methyl/N-ethyl adjacent to an activating group) is 1. The Labute approximate surface area is 177 Å². The number of benzene rings is 2. The van der Waals surface area contributed by atoms with Crippen LogP contribution in [0.1, 0.15) is 12.5 Å². The van der Waals surface area contributed by atoms with Gasteiger partial charge in [-0.25, -0.2) is 0 Å². The van der Waals surface area contributed by atoms with E-state index in [2.05, 4.69) is 0 Å². The first kappa shape index (κ1) is 22.5. The number of amides is 1. The Morgan fingerprint density at radius 3 is 2.26 bits per heavy atom. The third kappa shape index (κ3) is 4.96. The van der Waals surface area contributed by atoms with E-state index >= 15 is 0 Å². The van der Waals surface area contributed by atoms with Gasteiger partial charge >= 0.3 is 6.18 Å². The molecule has 0 bridgehead atoms. The molecule has 0 unspecified atom stereocenters. The van der Waals surface area contributed by atoms with Crippen molar-refractivity contribution in [3.8, 4) is 0 Å². The number of carbonyl (C=O) groups excluding carboxylic acids is 1. The molecule has 0 saturated carbocycles. The van der Waals surface area contributed by atoms with Gasteiger partial charge in [0, 0.05) is 45.0 Å². The Bertz CT molecular complexity index is 945. The largest absolute Gasteiger partial charge is 0.416 e. The maximum atomic E-state index is 12.9. The summed E-state index contributed by atoms with van der Waals surface area (Å²) in [4.78, 5) is 28.7. The lowest BCUT2D eigenvalue weighted by molar-refractivity contribution is -0.384. The Balaban J connectivity index is 1.69. The summed E-state index contributed by atoms with van der Waals surface area (Å²) in [6.45, 7) is 3.43. The summed E-state index contributed by atoms with van der Waals surface area (Å²) in [5.41, 5.74) is -0.697. The zero-order chi connectivity index (χ0) is 22.8. The van der Waals surface area contributed by atoms with E-state index in [1.165, 1.54) is 0 Å². The molecule has 0 aromatic heterocycles. The molecule has 2 aromatic rings. The summed E-state index contributed by atoms with van der Waals surface area (Å²) in [5.74, 6) is -0.0832.